The highest BCUT2D eigenvalue weighted by molar-refractivity contribution is 5.85. The van der Waals surface area contributed by atoms with Crippen LogP contribution in [0.2, 0.25) is 0 Å². The van der Waals surface area contributed by atoms with Crippen LogP contribution in [0.5, 0.6) is 0 Å². The van der Waals surface area contributed by atoms with E-state index in [0.29, 0.717) is 6.54 Å². The van der Waals surface area contributed by atoms with Crippen LogP contribution in [0.3, 0.4) is 0 Å². The van der Waals surface area contributed by atoms with Gasteiger partial charge in [-0.15, -0.1) is 6.58 Å². The Morgan fingerprint density at radius 2 is 1.95 bits per heavy atom. The largest absolute Gasteiger partial charge is 0.355 e. The fraction of sp³-hybridized carbons (Fsp3) is 0.765. The minimum atomic E-state index is -0.263. The van der Waals surface area contributed by atoms with Gasteiger partial charge in [0.15, 0.2) is 5.96 Å². The molecule has 0 radical (unpaired) electrons. The highest BCUT2D eigenvalue weighted by Gasteiger charge is 2.42. The molecule has 1 N–H and O–H groups in total. The first kappa shape index (κ1) is 18.5. The molecule has 1 aliphatic carbocycles. The number of carbonyl (C=O) groups is 1. The molecule has 0 aromatic heterocycles. The first-order chi connectivity index (χ1) is 10.5. The fourth-order valence-corrected chi connectivity index (χ4v) is 3.20. The zero-order valence-corrected chi connectivity index (χ0v) is 14.7. The molecule has 0 atom stereocenters. The lowest BCUT2D eigenvalue weighted by atomic mass is 9.84. The van der Waals surface area contributed by atoms with Crippen molar-refractivity contribution in [2.24, 2.45) is 10.4 Å². The second kappa shape index (κ2) is 8.81. The van der Waals surface area contributed by atoms with Gasteiger partial charge < -0.3 is 15.1 Å². The minimum absolute atomic E-state index is 0.238. The Labute approximate surface area is 135 Å². The zero-order valence-electron chi connectivity index (χ0n) is 14.7. The Morgan fingerprint density at radius 1 is 1.32 bits per heavy atom. The molecule has 1 rings (SSSR count). The highest BCUT2D eigenvalue weighted by Crippen LogP contribution is 2.38. The quantitative estimate of drug-likeness (QED) is 0.339. The van der Waals surface area contributed by atoms with Gasteiger partial charge >= 0.3 is 0 Å². The van der Waals surface area contributed by atoms with Crippen LogP contribution in [0, 0.1) is 5.41 Å². The third-order valence-corrected chi connectivity index (χ3v) is 4.48. The summed E-state index contributed by atoms with van der Waals surface area (Å²) in [5.41, 5.74) is -0.263. The van der Waals surface area contributed by atoms with Crippen LogP contribution in [0.1, 0.15) is 38.5 Å². The van der Waals surface area contributed by atoms with Gasteiger partial charge in [-0.25, -0.2) is 0 Å². The number of nitrogens with one attached hydrogen (secondary N) is 1. The summed E-state index contributed by atoms with van der Waals surface area (Å²) >= 11 is 0. The number of hydrogen-bond acceptors (Lipinski definition) is 2. The molecule has 0 heterocycles. The molecule has 0 unspecified atom stereocenters. The molecule has 1 aliphatic rings. The normalized spacial score (nSPS) is 17.2. The number of aliphatic imine (C=N–C) groups is 1. The molecule has 0 aromatic carbocycles. The number of hydrogen-bond donors (Lipinski definition) is 1. The van der Waals surface area contributed by atoms with Crippen molar-refractivity contribution in [1.82, 2.24) is 15.1 Å². The van der Waals surface area contributed by atoms with Gasteiger partial charge in [0.05, 0.1) is 5.41 Å². The van der Waals surface area contributed by atoms with Crippen molar-refractivity contribution in [3.63, 3.8) is 0 Å². The molecule has 0 aromatic rings. The minimum Gasteiger partial charge on any atom is -0.355 e. The molecule has 5 heteroatoms. The van der Waals surface area contributed by atoms with E-state index in [1.807, 2.05) is 27.2 Å². The van der Waals surface area contributed by atoms with Gasteiger partial charge in [-0.1, -0.05) is 18.9 Å². The van der Waals surface area contributed by atoms with Gasteiger partial charge in [0.2, 0.25) is 5.91 Å². The van der Waals surface area contributed by atoms with Gasteiger partial charge in [-0.3, -0.25) is 9.79 Å². The van der Waals surface area contributed by atoms with Crippen LogP contribution < -0.4 is 5.32 Å². The molecule has 0 bridgehead atoms. The lowest BCUT2D eigenvalue weighted by molar-refractivity contribution is -0.138. The Hall–Kier alpha value is -1.52. The van der Waals surface area contributed by atoms with E-state index in [9.17, 15) is 4.79 Å². The maximum Gasteiger partial charge on any atom is 0.230 e. The topological polar surface area (TPSA) is 47.9 Å². The monoisotopic (exact) mass is 308 g/mol. The van der Waals surface area contributed by atoms with E-state index in [2.05, 4.69) is 21.8 Å². The van der Waals surface area contributed by atoms with Crippen molar-refractivity contribution in [2.75, 3.05) is 41.3 Å². The summed E-state index contributed by atoms with van der Waals surface area (Å²) in [7, 11) is 7.52. The molecule has 1 fully saturated rings. The maximum atomic E-state index is 12.6. The molecule has 5 nitrogen and oxygen atoms in total. The first-order valence-electron chi connectivity index (χ1n) is 8.21. The van der Waals surface area contributed by atoms with Gasteiger partial charge in [0.25, 0.3) is 0 Å². The molecular weight excluding hydrogens is 276 g/mol. The molecule has 22 heavy (non-hydrogen) atoms. The second-order valence-electron chi connectivity index (χ2n) is 6.44. The number of allylic oxidation sites excluding steroid dienone is 1. The van der Waals surface area contributed by atoms with Crippen molar-refractivity contribution < 1.29 is 4.79 Å². The van der Waals surface area contributed by atoms with Crippen molar-refractivity contribution >= 4 is 11.9 Å². The summed E-state index contributed by atoms with van der Waals surface area (Å²) in [6.45, 7) is 5.35. The van der Waals surface area contributed by atoms with E-state index in [1.54, 1.807) is 11.9 Å². The summed E-state index contributed by atoms with van der Waals surface area (Å²) in [6, 6.07) is 0. The SMILES string of the molecule is C=CCCCN(C)C(=NC)NCC1(C(=O)N(C)C)CCCC1. The summed E-state index contributed by atoms with van der Waals surface area (Å²) in [6.07, 6.45) is 8.20. The average molecular weight is 308 g/mol. The van der Waals surface area contributed by atoms with E-state index in [4.69, 9.17) is 0 Å². The fourth-order valence-electron chi connectivity index (χ4n) is 3.20. The van der Waals surface area contributed by atoms with Crippen LogP contribution in [-0.2, 0) is 4.79 Å². The lowest BCUT2D eigenvalue weighted by Gasteiger charge is -2.32. The van der Waals surface area contributed by atoms with E-state index in [-0.39, 0.29) is 11.3 Å². The van der Waals surface area contributed by atoms with Crippen molar-refractivity contribution in [3.05, 3.63) is 12.7 Å². The Kier molecular flexibility index (Phi) is 7.42. The summed E-state index contributed by atoms with van der Waals surface area (Å²) < 4.78 is 0. The Bertz CT molecular complexity index is 397. The lowest BCUT2D eigenvalue weighted by Crippen LogP contribution is -2.49. The van der Waals surface area contributed by atoms with Crippen LogP contribution in [0.25, 0.3) is 0 Å². The van der Waals surface area contributed by atoms with Crippen molar-refractivity contribution in [3.8, 4) is 0 Å². The Morgan fingerprint density at radius 3 is 2.45 bits per heavy atom. The van der Waals surface area contributed by atoms with Gasteiger partial charge in [0.1, 0.15) is 0 Å². The number of unbranched alkanes of at least 4 members (excludes halogenated alkanes) is 1. The van der Waals surface area contributed by atoms with E-state index < -0.39 is 0 Å². The van der Waals surface area contributed by atoms with Crippen molar-refractivity contribution in [2.45, 2.75) is 38.5 Å². The van der Waals surface area contributed by atoms with E-state index in [1.165, 1.54) is 0 Å². The van der Waals surface area contributed by atoms with Crippen LogP contribution in [-0.4, -0.2) is 62.9 Å². The predicted molar refractivity (Wildman–Crippen MR) is 93.0 cm³/mol. The van der Waals surface area contributed by atoms with Crippen molar-refractivity contribution in [1.29, 1.82) is 0 Å². The summed E-state index contributed by atoms with van der Waals surface area (Å²) in [4.78, 5) is 20.8. The molecule has 0 saturated heterocycles. The van der Waals surface area contributed by atoms with Crippen LogP contribution in [0.4, 0.5) is 0 Å². The molecular formula is C17H32N4O. The van der Waals surface area contributed by atoms with Crippen LogP contribution in [0.15, 0.2) is 17.6 Å². The highest BCUT2D eigenvalue weighted by atomic mass is 16.2. The van der Waals surface area contributed by atoms with E-state index >= 15 is 0 Å². The van der Waals surface area contributed by atoms with Crippen LogP contribution >= 0.6 is 0 Å². The Balaban J connectivity index is 2.63. The molecule has 1 amide bonds. The van der Waals surface area contributed by atoms with Gasteiger partial charge in [-0.05, 0) is 25.7 Å². The number of carbonyl (C=O) groups excluding carboxylic acids is 1. The first-order valence-corrected chi connectivity index (χ1v) is 8.21. The second-order valence-corrected chi connectivity index (χ2v) is 6.44. The number of rotatable bonds is 7. The smallest absolute Gasteiger partial charge is 0.230 e. The molecule has 0 spiro atoms. The van der Waals surface area contributed by atoms with Gasteiger partial charge in [-0.2, -0.15) is 0 Å². The third-order valence-electron chi connectivity index (χ3n) is 4.48. The standard InChI is InChI=1S/C17H32N4O/c1-6-7-10-13-21(5)16(18-2)19-14-17(11-8-9-12-17)15(22)20(3)4/h6H,1,7-14H2,2-5H3,(H,18,19). The number of guanidine groups is 1. The summed E-state index contributed by atoms with van der Waals surface area (Å²) in [5.74, 6) is 1.10. The molecule has 0 aliphatic heterocycles. The molecule has 126 valence electrons. The average Bonchev–Trinajstić information content (AvgIpc) is 2.97. The maximum absolute atomic E-state index is 12.6. The number of amides is 1. The zero-order chi connectivity index (χ0) is 16.6. The number of nitrogens with zero attached hydrogens (tertiary/aromatic N) is 3. The molecule has 1 saturated carbocycles. The third kappa shape index (κ3) is 4.75. The van der Waals surface area contributed by atoms with Gasteiger partial charge in [0, 0.05) is 41.3 Å². The predicted octanol–water partition coefficient (Wildman–Crippen LogP) is 2.11. The summed E-state index contributed by atoms with van der Waals surface area (Å²) in [5, 5.41) is 3.42. The van der Waals surface area contributed by atoms with E-state index in [0.717, 1.165) is 51.0 Å².